The number of nitrogens with one attached hydrogen (secondary N) is 1. The number of nitrogens with zero attached hydrogens (tertiary/aromatic N) is 1. The molecule has 0 unspecified atom stereocenters. The van der Waals surface area contributed by atoms with Crippen molar-refractivity contribution in [2.75, 3.05) is 32.1 Å². The molecule has 1 amide bonds. The molecule has 5 heteroatoms. The second kappa shape index (κ2) is 6.22. The van der Waals surface area contributed by atoms with Gasteiger partial charge in [-0.25, -0.2) is 4.79 Å². The van der Waals surface area contributed by atoms with Crippen LogP contribution in [0.2, 0.25) is 0 Å². The molecule has 0 spiro atoms. The Kier molecular flexibility index (Phi) is 4.39. The van der Waals surface area contributed by atoms with E-state index >= 15 is 0 Å². The minimum Gasteiger partial charge on any atom is -0.465 e. The molecule has 102 valence electrons. The van der Waals surface area contributed by atoms with Gasteiger partial charge in [-0.3, -0.25) is 4.79 Å². The standard InChI is InChI=1S/C14H18N2O3/c1-19-14(18)11-6-2-3-7-12(11)15-10-13(17)16-8-4-5-9-16/h2-3,6-7,15H,4-5,8-10H2,1H3. The summed E-state index contributed by atoms with van der Waals surface area (Å²) in [7, 11) is 1.34. The van der Waals surface area contributed by atoms with E-state index in [4.69, 9.17) is 4.74 Å². The maximum atomic E-state index is 11.9. The summed E-state index contributed by atoms with van der Waals surface area (Å²) >= 11 is 0. The van der Waals surface area contributed by atoms with Crippen LogP contribution in [0.4, 0.5) is 5.69 Å². The van der Waals surface area contributed by atoms with Gasteiger partial charge in [-0.15, -0.1) is 0 Å². The van der Waals surface area contributed by atoms with Gasteiger partial charge in [0.05, 0.1) is 19.2 Å². The van der Waals surface area contributed by atoms with E-state index in [1.165, 1.54) is 7.11 Å². The second-order valence-electron chi connectivity index (χ2n) is 4.48. The molecule has 1 heterocycles. The van der Waals surface area contributed by atoms with E-state index in [1.54, 1.807) is 18.2 Å². The molecule has 1 aliphatic rings. The third kappa shape index (κ3) is 3.24. The molecule has 0 aromatic heterocycles. The molecule has 1 fully saturated rings. The van der Waals surface area contributed by atoms with Crippen LogP contribution in [0.5, 0.6) is 0 Å². The summed E-state index contributed by atoms with van der Waals surface area (Å²) < 4.78 is 4.71. The Bertz CT molecular complexity index is 468. The van der Waals surface area contributed by atoms with Crippen LogP contribution in [0.15, 0.2) is 24.3 Å². The number of esters is 1. The summed E-state index contributed by atoms with van der Waals surface area (Å²) in [6.07, 6.45) is 2.15. The van der Waals surface area contributed by atoms with Gasteiger partial charge in [-0.2, -0.15) is 0 Å². The SMILES string of the molecule is COC(=O)c1ccccc1NCC(=O)N1CCCC1. The topological polar surface area (TPSA) is 58.6 Å². The zero-order valence-corrected chi connectivity index (χ0v) is 11.0. The molecule has 0 aliphatic carbocycles. The van der Waals surface area contributed by atoms with E-state index < -0.39 is 5.97 Å². The molecule has 0 saturated carbocycles. The number of anilines is 1. The van der Waals surface area contributed by atoms with Gasteiger partial charge in [0.25, 0.3) is 0 Å². The lowest BCUT2D eigenvalue weighted by Crippen LogP contribution is -2.33. The van der Waals surface area contributed by atoms with E-state index in [0.29, 0.717) is 11.3 Å². The molecule has 0 radical (unpaired) electrons. The Morgan fingerprint density at radius 3 is 2.63 bits per heavy atom. The van der Waals surface area contributed by atoms with E-state index in [0.717, 1.165) is 25.9 Å². The van der Waals surface area contributed by atoms with Crippen molar-refractivity contribution in [2.45, 2.75) is 12.8 Å². The Labute approximate surface area is 112 Å². The predicted molar refractivity (Wildman–Crippen MR) is 72.1 cm³/mol. The van der Waals surface area contributed by atoms with Crippen LogP contribution >= 0.6 is 0 Å². The third-order valence-corrected chi connectivity index (χ3v) is 3.22. The number of amides is 1. The third-order valence-electron chi connectivity index (χ3n) is 3.22. The van der Waals surface area contributed by atoms with Crippen LogP contribution in [0.3, 0.4) is 0 Å². The Hall–Kier alpha value is -2.04. The highest BCUT2D eigenvalue weighted by Gasteiger charge is 2.18. The maximum Gasteiger partial charge on any atom is 0.339 e. The molecular formula is C14H18N2O3. The zero-order valence-electron chi connectivity index (χ0n) is 11.0. The molecule has 0 bridgehead atoms. The number of likely N-dealkylation sites (tertiary alicyclic amines) is 1. The maximum absolute atomic E-state index is 11.9. The van der Waals surface area contributed by atoms with Crippen LogP contribution in [0, 0.1) is 0 Å². The summed E-state index contributed by atoms with van der Waals surface area (Å²) in [5.41, 5.74) is 1.07. The quantitative estimate of drug-likeness (QED) is 0.836. The van der Waals surface area contributed by atoms with E-state index in [1.807, 2.05) is 11.0 Å². The molecule has 1 aromatic carbocycles. The first-order valence-electron chi connectivity index (χ1n) is 6.41. The van der Waals surface area contributed by atoms with Gasteiger partial charge < -0.3 is 15.0 Å². The number of para-hydroxylation sites is 1. The van der Waals surface area contributed by atoms with Gasteiger partial charge in [0, 0.05) is 18.8 Å². The Balaban J connectivity index is 1.99. The van der Waals surface area contributed by atoms with Crippen molar-refractivity contribution in [3.63, 3.8) is 0 Å². The molecule has 1 aromatic rings. The second-order valence-corrected chi connectivity index (χ2v) is 4.48. The molecule has 1 saturated heterocycles. The average Bonchev–Trinajstić information content (AvgIpc) is 2.98. The summed E-state index contributed by atoms with van der Waals surface area (Å²) in [5, 5.41) is 3.01. The number of carbonyl (C=O) groups excluding carboxylic acids is 2. The smallest absolute Gasteiger partial charge is 0.339 e. The van der Waals surface area contributed by atoms with Crippen LogP contribution in [-0.2, 0) is 9.53 Å². The predicted octanol–water partition coefficient (Wildman–Crippen LogP) is 1.51. The number of carbonyl (C=O) groups is 2. The average molecular weight is 262 g/mol. The van der Waals surface area contributed by atoms with Gasteiger partial charge in [0.1, 0.15) is 0 Å². The van der Waals surface area contributed by atoms with Crippen molar-refractivity contribution in [3.8, 4) is 0 Å². The number of rotatable bonds is 4. The zero-order chi connectivity index (χ0) is 13.7. The van der Waals surface area contributed by atoms with Crippen molar-refractivity contribution in [3.05, 3.63) is 29.8 Å². The molecule has 5 nitrogen and oxygen atoms in total. The van der Waals surface area contributed by atoms with Gasteiger partial charge in [0.2, 0.25) is 5.91 Å². The van der Waals surface area contributed by atoms with Crippen LogP contribution < -0.4 is 5.32 Å². The lowest BCUT2D eigenvalue weighted by molar-refractivity contribution is -0.128. The first-order valence-corrected chi connectivity index (χ1v) is 6.41. The molecular weight excluding hydrogens is 244 g/mol. The Morgan fingerprint density at radius 1 is 1.26 bits per heavy atom. The van der Waals surface area contributed by atoms with Gasteiger partial charge in [-0.05, 0) is 25.0 Å². The number of benzene rings is 1. The van der Waals surface area contributed by atoms with E-state index in [-0.39, 0.29) is 12.5 Å². The lowest BCUT2D eigenvalue weighted by Gasteiger charge is -2.16. The highest BCUT2D eigenvalue weighted by atomic mass is 16.5. The fourth-order valence-electron chi connectivity index (χ4n) is 2.17. The summed E-state index contributed by atoms with van der Waals surface area (Å²) in [6.45, 7) is 1.87. The number of hydrogen-bond acceptors (Lipinski definition) is 4. The largest absolute Gasteiger partial charge is 0.465 e. The van der Waals surface area contributed by atoms with Crippen LogP contribution in [0.25, 0.3) is 0 Å². The minimum atomic E-state index is -0.406. The number of methoxy groups -OCH3 is 1. The lowest BCUT2D eigenvalue weighted by atomic mass is 10.2. The summed E-state index contributed by atoms with van der Waals surface area (Å²) in [5.74, 6) is -0.339. The highest BCUT2D eigenvalue weighted by molar-refractivity contribution is 5.96. The molecule has 0 atom stereocenters. The van der Waals surface area contributed by atoms with Gasteiger partial charge >= 0.3 is 5.97 Å². The van der Waals surface area contributed by atoms with Crippen LogP contribution in [0.1, 0.15) is 23.2 Å². The summed E-state index contributed by atoms with van der Waals surface area (Å²) in [6, 6.07) is 7.02. The van der Waals surface area contributed by atoms with E-state index in [2.05, 4.69) is 5.32 Å². The van der Waals surface area contributed by atoms with Crippen molar-refractivity contribution < 1.29 is 14.3 Å². The molecule has 2 rings (SSSR count). The van der Waals surface area contributed by atoms with Crippen molar-refractivity contribution in [2.24, 2.45) is 0 Å². The minimum absolute atomic E-state index is 0.0668. The normalized spacial score (nSPS) is 14.3. The van der Waals surface area contributed by atoms with Gasteiger partial charge in [0.15, 0.2) is 0 Å². The van der Waals surface area contributed by atoms with Crippen molar-refractivity contribution in [1.82, 2.24) is 4.90 Å². The number of ether oxygens (including phenoxy) is 1. The molecule has 1 aliphatic heterocycles. The Morgan fingerprint density at radius 2 is 1.95 bits per heavy atom. The van der Waals surface area contributed by atoms with Crippen molar-refractivity contribution >= 4 is 17.6 Å². The van der Waals surface area contributed by atoms with E-state index in [9.17, 15) is 9.59 Å². The summed E-state index contributed by atoms with van der Waals surface area (Å²) in [4.78, 5) is 25.3. The highest BCUT2D eigenvalue weighted by Crippen LogP contribution is 2.16. The monoisotopic (exact) mass is 262 g/mol. The van der Waals surface area contributed by atoms with Crippen molar-refractivity contribution in [1.29, 1.82) is 0 Å². The van der Waals surface area contributed by atoms with Gasteiger partial charge in [-0.1, -0.05) is 12.1 Å². The fourth-order valence-corrected chi connectivity index (χ4v) is 2.17. The first-order chi connectivity index (χ1) is 9.22. The fraction of sp³-hybridized carbons (Fsp3) is 0.429. The number of hydrogen-bond donors (Lipinski definition) is 1. The van der Waals surface area contributed by atoms with Crippen LogP contribution in [-0.4, -0.2) is 43.5 Å². The molecule has 1 N–H and O–H groups in total. The first kappa shape index (κ1) is 13.4. The molecule has 19 heavy (non-hydrogen) atoms.